The van der Waals surface area contributed by atoms with Gasteiger partial charge < -0.3 is 4.98 Å². The smallest absolute Gasteiger partial charge is 0.152 e. The molecule has 0 unspecified atom stereocenters. The highest BCUT2D eigenvalue weighted by Gasteiger charge is 2.17. The Morgan fingerprint density at radius 2 is 1.95 bits per heavy atom. The number of aldehydes is 1. The molecule has 0 amide bonds. The Morgan fingerprint density at radius 1 is 1.15 bits per heavy atom. The van der Waals surface area contributed by atoms with Gasteiger partial charge in [0.25, 0.3) is 0 Å². The highest BCUT2D eigenvalue weighted by molar-refractivity contribution is 6.05. The minimum Gasteiger partial charge on any atom is -0.354 e. The van der Waals surface area contributed by atoms with Crippen molar-refractivity contribution in [2.45, 2.75) is 6.92 Å². The first-order chi connectivity index (χ1) is 9.61. The molecule has 1 heterocycles. The predicted octanol–water partition coefficient (Wildman–Crippen LogP) is 4.23. The van der Waals surface area contributed by atoms with Crippen molar-refractivity contribution in [2.75, 3.05) is 0 Å². The monoisotopic (exact) mass is 271 g/mol. The number of para-hydroxylation sites is 1. The molecule has 2 nitrogen and oxygen atoms in total. The average Bonchev–Trinajstić information content (AvgIpc) is 2.81. The van der Waals surface area contributed by atoms with Gasteiger partial charge in [0, 0.05) is 22.0 Å². The number of rotatable bonds is 2. The van der Waals surface area contributed by atoms with Crippen molar-refractivity contribution in [3.8, 4) is 11.3 Å². The highest BCUT2D eigenvalue weighted by atomic mass is 19.1. The molecule has 4 heteroatoms. The number of hydrogen-bond acceptors (Lipinski definition) is 1. The molecule has 3 rings (SSSR count). The number of carbonyl (C=O) groups excluding carboxylic acids is 1. The number of aryl methyl sites for hydroxylation is 1. The Bertz CT molecular complexity index is 821. The standard InChI is InChI=1S/C16H11F2NO/c1-9-3-2-4-11-13(8-20)16(19-15(9)11)12-7-10(17)5-6-14(12)18/h2-8,19H,1H3. The van der Waals surface area contributed by atoms with E-state index < -0.39 is 11.6 Å². The molecule has 0 saturated carbocycles. The van der Waals surface area contributed by atoms with Crippen LogP contribution < -0.4 is 0 Å². The van der Waals surface area contributed by atoms with E-state index in [0.29, 0.717) is 22.9 Å². The molecule has 1 aromatic heterocycles. The fraction of sp³-hybridized carbons (Fsp3) is 0.0625. The van der Waals surface area contributed by atoms with E-state index in [1.807, 2.05) is 19.1 Å². The van der Waals surface area contributed by atoms with E-state index in [9.17, 15) is 13.6 Å². The van der Waals surface area contributed by atoms with Gasteiger partial charge in [-0.25, -0.2) is 8.78 Å². The van der Waals surface area contributed by atoms with Crippen LogP contribution in [-0.4, -0.2) is 11.3 Å². The lowest BCUT2D eigenvalue weighted by atomic mass is 10.0. The second kappa shape index (κ2) is 4.56. The summed E-state index contributed by atoms with van der Waals surface area (Å²) in [4.78, 5) is 14.4. The zero-order valence-corrected chi connectivity index (χ0v) is 10.7. The van der Waals surface area contributed by atoms with Gasteiger partial charge in [-0.2, -0.15) is 0 Å². The predicted molar refractivity (Wildman–Crippen MR) is 73.8 cm³/mol. The second-order valence-electron chi connectivity index (χ2n) is 4.65. The molecule has 0 aliphatic carbocycles. The van der Waals surface area contributed by atoms with Crippen molar-refractivity contribution < 1.29 is 13.6 Å². The summed E-state index contributed by atoms with van der Waals surface area (Å²) < 4.78 is 27.2. The molecular formula is C16H11F2NO. The third-order valence-electron chi connectivity index (χ3n) is 3.40. The quantitative estimate of drug-likeness (QED) is 0.695. The maximum Gasteiger partial charge on any atom is 0.152 e. The van der Waals surface area contributed by atoms with Crippen LogP contribution in [0.3, 0.4) is 0 Å². The van der Waals surface area contributed by atoms with E-state index in [0.717, 1.165) is 29.3 Å². The van der Waals surface area contributed by atoms with Crippen LogP contribution in [0.5, 0.6) is 0 Å². The maximum atomic E-state index is 13.9. The fourth-order valence-electron chi connectivity index (χ4n) is 2.41. The Labute approximate surface area is 114 Å². The molecule has 0 bridgehead atoms. The Kier molecular flexibility index (Phi) is 2.86. The summed E-state index contributed by atoms with van der Waals surface area (Å²) in [6.45, 7) is 1.89. The first kappa shape index (κ1) is 12.5. The van der Waals surface area contributed by atoms with Gasteiger partial charge in [0.15, 0.2) is 6.29 Å². The average molecular weight is 271 g/mol. The fourth-order valence-corrected chi connectivity index (χ4v) is 2.41. The van der Waals surface area contributed by atoms with Crippen molar-refractivity contribution in [2.24, 2.45) is 0 Å². The van der Waals surface area contributed by atoms with Crippen LogP contribution in [0.1, 0.15) is 15.9 Å². The van der Waals surface area contributed by atoms with E-state index in [4.69, 9.17) is 0 Å². The van der Waals surface area contributed by atoms with Gasteiger partial charge >= 0.3 is 0 Å². The summed E-state index contributed by atoms with van der Waals surface area (Å²) in [6, 6.07) is 8.68. The van der Waals surface area contributed by atoms with Crippen molar-refractivity contribution in [3.63, 3.8) is 0 Å². The summed E-state index contributed by atoms with van der Waals surface area (Å²) in [7, 11) is 0. The molecule has 3 aromatic rings. The summed E-state index contributed by atoms with van der Waals surface area (Å²) in [5.74, 6) is -1.12. The molecule has 100 valence electrons. The molecule has 0 saturated heterocycles. The number of hydrogen-bond donors (Lipinski definition) is 1. The van der Waals surface area contributed by atoms with Gasteiger partial charge in [-0.05, 0) is 30.7 Å². The lowest BCUT2D eigenvalue weighted by Gasteiger charge is -2.02. The van der Waals surface area contributed by atoms with Gasteiger partial charge in [-0.15, -0.1) is 0 Å². The molecule has 2 aromatic carbocycles. The second-order valence-corrected chi connectivity index (χ2v) is 4.65. The lowest BCUT2D eigenvalue weighted by Crippen LogP contribution is -1.90. The molecule has 1 N–H and O–H groups in total. The van der Waals surface area contributed by atoms with E-state index >= 15 is 0 Å². The number of fused-ring (bicyclic) bond motifs is 1. The topological polar surface area (TPSA) is 32.9 Å². The zero-order valence-electron chi connectivity index (χ0n) is 10.7. The van der Waals surface area contributed by atoms with Gasteiger partial charge in [0.05, 0.1) is 5.69 Å². The van der Waals surface area contributed by atoms with Crippen molar-refractivity contribution in [3.05, 3.63) is 59.2 Å². The van der Waals surface area contributed by atoms with Crippen LogP contribution in [0, 0.1) is 18.6 Å². The van der Waals surface area contributed by atoms with Gasteiger partial charge in [-0.1, -0.05) is 18.2 Å². The molecule has 20 heavy (non-hydrogen) atoms. The largest absolute Gasteiger partial charge is 0.354 e. The first-order valence-electron chi connectivity index (χ1n) is 6.13. The first-order valence-corrected chi connectivity index (χ1v) is 6.13. The molecule has 0 radical (unpaired) electrons. The summed E-state index contributed by atoms with van der Waals surface area (Å²) >= 11 is 0. The number of aromatic amines is 1. The Balaban J connectivity index is 2.39. The van der Waals surface area contributed by atoms with E-state index in [-0.39, 0.29) is 5.56 Å². The van der Waals surface area contributed by atoms with Gasteiger partial charge in [0.1, 0.15) is 11.6 Å². The maximum absolute atomic E-state index is 13.9. The van der Waals surface area contributed by atoms with E-state index in [1.165, 1.54) is 0 Å². The van der Waals surface area contributed by atoms with Crippen LogP contribution >= 0.6 is 0 Å². The molecule has 0 fully saturated rings. The minimum absolute atomic E-state index is 0.0581. The molecular weight excluding hydrogens is 260 g/mol. The number of H-pyrrole nitrogens is 1. The lowest BCUT2D eigenvalue weighted by molar-refractivity contribution is 0.112. The number of aromatic nitrogens is 1. The van der Waals surface area contributed by atoms with Crippen LogP contribution in [0.25, 0.3) is 22.2 Å². The molecule has 0 spiro atoms. The van der Waals surface area contributed by atoms with E-state index in [1.54, 1.807) is 6.07 Å². The number of halogens is 2. The SMILES string of the molecule is Cc1cccc2c(C=O)c(-c3cc(F)ccc3F)[nH]c12. The van der Waals surface area contributed by atoms with Gasteiger partial charge in [-0.3, -0.25) is 4.79 Å². The normalized spacial score (nSPS) is 10.9. The van der Waals surface area contributed by atoms with Gasteiger partial charge in [0.2, 0.25) is 0 Å². The number of nitrogens with one attached hydrogen (secondary N) is 1. The molecule has 0 aliphatic rings. The zero-order chi connectivity index (χ0) is 14.3. The highest BCUT2D eigenvalue weighted by Crippen LogP contribution is 2.32. The summed E-state index contributed by atoms with van der Waals surface area (Å²) in [6.07, 6.45) is 0.665. The minimum atomic E-state index is -0.571. The molecule has 0 atom stereocenters. The Hall–Kier alpha value is -2.49. The number of benzene rings is 2. The van der Waals surface area contributed by atoms with Crippen molar-refractivity contribution in [1.29, 1.82) is 0 Å². The molecule has 0 aliphatic heterocycles. The summed E-state index contributed by atoms with van der Waals surface area (Å²) in [5.41, 5.74) is 2.40. The number of carbonyl (C=O) groups is 1. The van der Waals surface area contributed by atoms with E-state index in [2.05, 4.69) is 4.98 Å². The van der Waals surface area contributed by atoms with Crippen LogP contribution in [0.2, 0.25) is 0 Å². The summed E-state index contributed by atoms with van der Waals surface area (Å²) in [5, 5.41) is 0.707. The third kappa shape index (κ3) is 1.81. The Morgan fingerprint density at radius 3 is 2.70 bits per heavy atom. The van der Waals surface area contributed by atoms with Crippen molar-refractivity contribution >= 4 is 17.2 Å². The van der Waals surface area contributed by atoms with Crippen LogP contribution in [0.15, 0.2) is 36.4 Å². The van der Waals surface area contributed by atoms with Crippen LogP contribution in [-0.2, 0) is 0 Å². The van der Waals surface area contributed by atoms with Crippen molar-refractivity contribution in [1.82, 2.24) is 4.98 Å². The van der Waals surface area contributed by atoms with Crippen LogP contribution in [0.4, 0.5) is 8.78 Å². The third-order valence-corrected chi connectivity index (χ3v) is 3.40.